The molecule has 0 spiro atoms. The number of amides is 2. The zero-order valence-corrected chi connectivity index (χ0v) is 7.02. The molecule has 0 heterocycles. The summed E-state index contributed by atoms with van der Waals surface area (Å²) in [6.45, 7) is 4.02. The summed E-state index contributed by atoms with van der Waals surface area (Å²) >= 11 is 0. The van der Waals surface area contributed by atoms with E-state index < -0.39 is 0 Å². The average Bonchev–Trinajstić information content (AvgIpc) is 2.01. The van der Waals surface area contributed by atoms with E-state index >= 15 is 0 Å². The molecule has 0 atom stereocenters. The van der Waals surface area contributed by atoms with Gasteiger partial charge in [0.05, 0.1) is 0 Å². The zero-order chi connectivity index (χ0) is 8.53. The third-order valence-electron chi connectivity index (χ3n) is 1.20. The topological polar surface area (TPSA) is 67.2 Å². The second kappa shape index (κ2) is 7.34. The van der Waals surface area contributed by atoms with E-state index in [-0.39, 0.29) is 6.03 Å². The summed E-state index contributed by atoms with van der Waals surface area (Å²) in [6.07, 6.45) is 1.80. The van der Waals surface area contributed by atoms with Gasteiger partial charge in [0, 0.05) is 13.1 Å². The van der Waals surface area contributed by atoms with Gasteiger partial charge in [-0.2, -0.15) is 0 Å². The molecule has 0 aromatic rings. The van der Waals surface area contributed by atoms with Crippen molar-refractivity contribution in [2.45, 2.75) is 19.8 Å². The van der Waals surface area contributed by atoms with Crippen molar-refractivity contribution in [1.29, 1.82) is 0 Å². The first-order valence-corrected chi connectivity index (χ1v) is 4.03. The van der Waals surface area contributed by atoms with Crippen LogP contribution in [0.1, 0.15) is 19.8 Å². The minimum absolute atomic E-state index is 0.0969. The number of carbonyl (C=O) groups is 1. The normalized spacial score (nSPS) is 9.27. The Balaban J connectivity index is 3.09. The summed E-state index contributed by atoms with van der Waals surface area (Å²) in [5, 5.41) is 5.39. The van der Waals surface area contributed by atoms with Gasteiger partial charge in [-0.05, 0) is 19.4 Å². The molecule has 0 saturated carbocycles. The smallest absolute Gasteiger partial charge is 0.314 e. The van der Waals surface area contributed by atoms with Crippen LogP contribution in [0.4, 0.5) is 4.79 Å². The molecule has 0 aliphatic rings. The fourth-order valence-electron chi connectivity index (χ4n) is 0.605. The SMILES string of the molecule is CCCNC(=O)NCCCN. The molecular formula is C7H17N3O. The lowest BCUT2D eigenvalue weighted by Gasteiger charge is -2.04. The Morgan fingerprint density at radius 3 is 2.55 bits per heavy atom. The van der Waals surface area contributed by atoms with Gasteiger partial charge >= 0.3 is 6.03 Å². The van der Waals surface area contributed by atoms with Crippen LogP contribution in [0.25, 0.3) is 0 Å². The molecule has 0 radical (unpaired) electrons. The highest BCUT2D eigenvalue weighted by atomic mass is 16.2. The first-order chi connectivity index (χ1) is 5.31. The van der Waals surface area contributed by atoms with E-state index in [2.05, 4.69) is 10.6 Å². The summed E-state index contributed by atoms with van der Waals surface area (Å²) < 4.78 is 0. The number of hydrogen-bond acceptors (Lipinski definition) is 2. The summed E-state index contributed by atoms with van der Waals surface area (Å²) in [7, 11) is 0. The van der Waals surface area contributed by atoms with Gasteiger partial charge in [-0.1, -0.05) is 6.92 Å². The number of nitrogens with one attached hydrogen (secondary N) is 2. The monoisotopic (exact) mass is 159 g/mol. The summed E-state index contributed by atoms with van der Waals surface area (Å²) in [5.74, 6) is 0. The predicted octanol–water partition coefficient (Wildman–Crippen LogP) is 0.0444. The van der Waals surface area contributed by atoms with E-state index in [1.54, 1.807) is 0 Å². The van der Waals surface area contributed by atoms with Gasteiger partial charge in [-0.3, -0.25) is 0 Å². The standard InChI is InChI=1S/C7H17N3O/c1-2-5-9-7(11)10-6-3-4-8/h2-6,8H2,1H3,(H2,9,10,11). The molecule has 0 aliphatic heterocycles. The van der Waals surface area contributed by atoms with Gasteiger partial charge in [0.15, 0.2) is 0 Å². The van der Waals surface area contributed by atoms with Crippen molar-refractivity contribution < 1.29 is 4.79 Å². The first kappa shape index (κ1) is 10.2. The number of carbonyl (C=O) groups excluding carboxylic acids is 1. The van der Waals surface area contributed by atoms with Crippen LogP contribution in [0, 0.1) is 0 Å². The van der Waals surface area contributed by atoms with Gasteiger partial charge in [0.1, 0.15) is 0 Å². The fraction of sp³-hybridized carbons (Fsp3) is 0.857. The summed E-state index contributed by atoms with van der Waals surface area (Å²) in [6, 6.07) is -0.0969. The van der Waals surface area contributed by atoms with Gasteiger partial charge < -0.3 is 16.4 Å². The highest BCUT2D eigenvalue weighted by molar-refractivity contribution is 5.73. The molecule has 0 bridgehead atoms. The van der Waals surface area contributed by atoms with Crippen LogP contribution in [0.15, 0.2) is 0 Å². The van der Waals surface area contributed by atoms with E-state index in [9.17, 15) is 4.79 Å². The van der Waals surface area contributed by atoms with Crippen molar-refractivity contribution in [3.63, 3.8) is 0 Å². The molecule has 2 amide bonds. The highest BCUT2D eigenvalue weighted by Gasteiger charge is 1.94. The molecule has 4 N–H and O–H groups in total. The lowest BCUT2D eigenvalue weighted by Crippen LogP contribution is -2.36. The zero-order valence-electron chi connectivity index (χ0n) is 7.02. The fourth-order valence-corrected chi connectivity index (χ4v) is 0.605. The van der Waals surface area contributed by atoms with E-state index in [4.69, 9.17) is 5.73 Å². The third-order valence-corrected chi connectivity index (χ3v) is 1.20. The Kier molecular flexibility index (Phi) is 6.82. The van der Waals surface area contributed by atoms with Crippen molar-refractivity contribution in [3.05, 3.63) is 0 Å². The maximum absolute atomic E-state index is 10.8. The van der Waals surface area contributed by atoms with E-state index in [1.165, 1.54) is 0 Å². The molecule has 0 unspecified atom stereocenters. The molecule has 11 heavy (non-hydrogen) atoms. The van der Waals surface area contributed by atoms with Crippen LogP contribution in [0.2, 0.25) is 0 Å². The Morgan fingerprint density at radius 2 is 2.00 bits per heavy atom. The molecule has 0 aromatic heterocycles. The quantitative estimate of drug-likeness (QED) is 0.496. The number of urea groups is 1. The maximum Gasteiger partial charge on any atom is 0.314 e. The largest absolute Gasteiger partial charge is 0.338 e. The van der Waals surface area contributed by atoms with Gasteiger partial charge in [0.2, 0.25) is 0 Å². The van der Waals surface area contributed by atoms with Crippen LogP contribution in [-0.2, 0) is 0 Å². The second-order valence-electron chi connectivity index (χ2n) is 2.32. The van der Waals surface area contributed by atoms with Gasteiger partial charge in [-0.15, -0.1) is 0 Å². The molecule has 0 aliphatic carbocycles. The van der Waals surface area contributed by atoms with Crippen molar-refractivity contribution in [1.82, 2.24) is 10.6 Å². The first-order valence-electron chi connectivity index (χ1n) is 4.03. The molecule has 0 fully saturated rings. The maximum atomic E-state index is 10.8. The second-order valence-corrected chi connectivity index (χ2v) is 2.32. The average molecular weight is 159 g/mol. The highest BCUT2D eigenvalue weighted by Crippen LogP contribution is 1.73. The third kappa shape index (κ3) is 7.12. The lowest BCUT2D eigenvalue weighted by atomic mass is 10.4. The summed E-state index contributed by atoms with van der Waals surface area (Å²) in [4.78, 5) is 10.8. The molecule has 0 saturated heterocycles. The summed E-state index contributed by atoms with van der Waals surface area (Å²) in [5.41, 5.74) is 5.24. The number of nitrogens with two attached hydrogens (primary N) is 1. The van der Waals surface area contributed by atoms with E-state index in [1.807, 2.05) is 6.92 Å². The van der Waals surface area contributed by atoms with E-state index in [0.717, 1.165) is 19.4 Å². The van der Waals surface area contributed by atoms with Crippen molar-refractivity contribution >= 4 is 6.03 Å². The minimum atomic E-state index is -0.0969. The van der Waals surface area contributed by atoms with Crippen molar-refractivity contribution in [2.75, 3.05) is 19.6 Å². The minimum Gasteiger partial charge on any atom is -0.338 e. The van der Waals surface area contributed by atoms with Crippen LogP contribution in [-0.4, -0.2) is 25.7 Å². The lowest BCUT2D eigenvalue weighted by molar-refractivity contribution is 0.241. The van der Waals surface area contributed by atoms with Gasteiger partial charge in [-0.25, -0.2) is 4.79 Å². The van der Waals surface area contributed by atoms with Crippen LogP contribution >= 0.6 is 0 Å². The molecule has 66 valence electrons. The molecule has 0 aromatic carbocycles. The predicted molar refractivity (Wildman–Crippen MR) is 45.4 cm³/mol. The molecule has 4 nitrogen and oxygen atoms in total. The van der Waals surface area contributed by atoms with Crippen LogP contribution in [0.5, 0.6) is 0 Å². The van der Waals surface area contributed by atoms with E-state index in [0.29, 0.717) is 13.1 Å². The number of hydrogen-bond donors (Lipinski definition) is 3. The molecule has 0 rings (SSSR count). The van der Waals surface area contributed by atoms with Crippen LogP contribution in [0.3, 0.4) is 0 Å². The Hall–Kier alpha value is -0.770. The van der Waals surface area contributed by atoms with Crippen LogP contribution < -0.4 is 16.4 Å². The van der Waals surface area contributed by atoms with Gasteiger partial charge in [0.25, 0.3) is 0 Å². The Bertz CT molecular complexity index is 106. The number of rotatable bonds is 5. The molecule has 4 heteroatoms. The Morgan fingerprint density at radius 1 is 1.36 bits per heavy atom. The Labute approximate surface area is 67.5 Å². The van der Waals surface area contributed by atoms with Crippen molar-refractivity contribution in [2.24, 2.45) is 5.73 Å². The van der Waals surface area contributed by atoms with Crippen molar-refractivity contribution in [3.8, 4) is 0 Å². The molecular weight excluding hydrogens is 142 g/mol.